The van der Waals surface area contributed by atoms with Crippen molar-refractivity contribution in [1.82, 2.24) is 5.32 Å². The average molecular weight is 197 g/mol. The van der Waals surface area contributed by atoms with Gasteiger partial charge in [-0.2, -0.15) is 0 Å². The molecule has 80 valence electrons. The molecule has 0 amide bonds. The summed E-state index contributed by atoms with van der Waals surface area (Å²) in [4.78, 5) is 0. The van der Waals surface area contributed by atoms with Crippen molar-refractivity contribution in [1.29, 1.82) is 0 Å². The van der Waals surface area contributed by atoms with E-state index in [2.05, 4.69) is 19.2 Å². The van der Waals surface area contributed by atoms with Gasteiger partial charge in [-0.1, -0.05) is 6.92 Å². The highest BCUT2D eigenvalue weighted by Gasteiger charge is 2.06. The van der Waals surface area contributed by atoms with Crippen molar-refractivity contribution in [2.24, 2.45) is 0 Å². The quantitative estimate of drug-likeness (QED) is 0.710. The molecule has 3 heteroatoms. The summed E-state index contributed by atoms with van der Waals surface area (Å²) in [6, 6.07) is 2.04. The van der Waals surface area contributed by atoms with Crippen LogP contribution in [0.2, 0.25) is 0 Å². The smallest absolute Gasteiger partial charge is 0.130 e. The average Bonchev–Trinajstić information content (AvgIpc) is 2.49. The second-order valence-corrected chi connectivity index (χ2v) is 3.40. The lowest BCUT2D eigenvalue weighted by molar-refractivity contribution is 0.106. The Bertz CT molecular complexity index is 268. The lowest BCUT2D eigenvalue weighted by Crippen LogP contribution is -2.04. The van der Waals surface area contributed by atoms with E-state index < -0.39 is 0 Å². The first-order valence-corrected chi connectivity index (χ1v) is 5.08. The van der Waals surface area contributed by atoms with Crippen LogP contribution in [0.4, 0.5) is 0 Å². The van der Waals surface area contributed by atoms with Crippen LogP contribution in [0.25, 0.3) is 0 Å². The predicted molar refractivity (Wildman–Crippen MR) is 56.2 cm³/mol. The molecule has 3 nitrogen and oxygen atoms in total. The number of furan rings is 1. The van der Waals surface area contributed by atoms with Gasteiger partial charge in [0.2, 0.25) is 0 Å². The molecule has 0 aromatic carbocycles. The van der Waals surface area contributed by atoms with Crippen molar-refractivity contribution >= 4 is 0 Å². The monoisotopic (exact) mass is 197 g/mol. The van der Waals surface area contributed by atoms with Gasteiger partial charge in [0.1, 0.15) is 18.1 Å². The van der Waals surface area contributed by atoms with Gasteiger partial charge in [-0.3, -0.25) is 0 Å². The van der Waals surface area contributed by atoms with Gasteiger partial charge in [0.15, 0.2) is 0 Å². The maximum absolute atomic E-state index is 5.61. The molecule has 0 aliphatic carbocycles. The van der Waals surface area contributed by atoms with Crippen molar-refractivity contribution in [2.75, 3.05) is 13.7 Å². The van der Waals surface area contributed by atoms with Crippen LogP contribution >= 0.6 is 0 Å². The summed E-state index contributed by atoms with van der Waals surface area (Å²) in [6.07, 6.45) is 1.04. The van der Waals surface area contributed by atoms with Crippen LogP contribution in [0.1, 0.15) is 30.4 Å². The van der Waals surface area contributed by atoms with Crippen LogP contribution in [0.15, 0.2) is 10.5 Å². The van der Waals surface area contributed by atoms with E-state index in [1.807, 2.05) is 13.1 Å². The molecule has 1 aromatic heterocycles. The summed E-state index contributed by atoms with van der Waals surface area (Å²) in [7, 11) is 1.91. The Morgan fingerprint density at radius 3 is 2.93 bits per heavy atom. The Hall–Kier alpha value is -0.800. The first-order chi connectivity index (χ1) is 6.77. The van der Waals surface area contributed by atoms with Gasteiger partial charge in [0.25, 0.3) is 0 Å². The molecular formula is C11H19NO2. The van der Waals surface area contributed by atoms with Crippen LogP contribution < -0.4 is 5.32 Å². The van der Waals surface area contributed by atoms with E-state index in [0.29, 0.717) is 6.61 Å². The molecule has 1 heterocycles. The van der Waals surface area contributed by atoms with Gasteiger partial charge in [-0.25, -0.2) is 0 Å². The van der Waals surface area contributed by atoms with E-state index in [-0.39, 0.29) is 0 Å². The van der Waals surface area contributed by atoms with E-state index in [1.54, 1.807) is 0 Å². The molecule has 0 saturated heterocycles. The van der Waals surface area contributed by atoms with Crippen molar-refractivity contribution < 1.29 is 9.15 Å². The van der Waals surface area contributed by atoms with Crippen LogP contribution in [0, 0.1) is 6.92 Å². The lowest BCUT2D eigenvalue weighted by atomic mass is 10.2. The minimum absolute atomic E-state index is 0.582. The number of rotatable bonds is 6. The fraction of sp³-hybridized carbons (Fsp3) is 0.636. The molecule has 14 heavy (non-hydrogen) atoms. The maximum atomic E-state index is 5.61. The predicted octanol–water partition coefficient (Wildman–Crippen LogP) is 2.23. The van der Waals surface area contributed by atoms with E-state index in [4.69, 9.17) is 9.15 Å². The Morgan fingerprint density at radius 1 is 1.50 bits per heavy atom. The van der Waals surface area contributed by atoms with Gasteiger partial charge in [0, 0.05) is 6.61 Å². The number of ether oxygens (including phenoxy) is 1. The summed E-state index contributed by atoms with van der Waals surface area (Å²) in [5, 5.41) is 3.07. The third-order valence-electron chi connectivity index (χ3n) is 2.00. The number of nitrogens with one attached hydrogen (secondary N) is 1. The van der Waals surface area contributed by atoms with Crippen LogP contribution in [-0.4, -0.2) is 13.7 Å². The molecule has 0 fully saturated rings. The second kappa shape index (κ2) is 5.83. The number of hydrogen-bond donors (Lipinski definition) is 1. The Morgan fingerprint density at radius 2 is 2.29 bits per heavy atom. The molecule has 0 aliphatic rings. The Balaban J connectivity index is 2.48. The third kappa shape index (κ3) is 3.16. The third-order valence-corrected chi connectivity index (χ3v) is 2.00. The largest absolute Gasteiger partial charge is 0.462 e. The molecule has 0 aliphatic heterocycles. The molecular weight excluding hydrogens is 178 g/mol. The van der Waals surface area contributed by atoms with Gasteiger partial charge >= 0.3 is 0 Å². The van der Waals surface area contributed by atoms with Crippen molar-refractivity contribution in [2.45, 2.75) is 33.4 Å². The molecule has 0 atom stereocenters. The standard InChI is InChI=1S/C11H19NO2/c1-4-5-13-8-10-6-9(2)11(14-10)7-12-3/h6,12H,4-5,7-8H2,1-3H3. The molecule has 0 bridgehead atoms. The highest BCUT2D eigenvalue weighted by molar-refractivity contribution is 5.19. The van der Waals surface area contributed by atoms with Crippen molar-refractivity contribution in [3.05, 3.63) is 23.2 Å². The zero-order chi connectivity index (χ0) is 10.4. The second-order valence-electron chi connectivity index (χ2n) is 3.40. The summed E-state index contributed by atoms with van der Waals surface area (Å²) < 4.78 is 11.0. The first kappa shape index (κ1) is 11.3. The normalized spacial score (nSPS) is 10.8. The van der Waals surface area contributed by atoms with Gasteiger partial charge < -0.3 is 14.5 Å². The zero-order valence-electron chi connectivity index (χ0n) is 9.22. The molecule has 0 radical (unpaired) electrons. The van der Waals surface area contributed by atoms with E-state index >= 15 is 0 Å². The summed E-state index contributed by atoms with van der Waals surface area (Å²) in [5.41, 5.74) is 1.19. The van der Waals surface area contributed by atoms with E-state index in [1.165, 1.54) is 5.56 Å². The number of aryl methyl sites for hydroxylation is 1. The highest BCUT2D eigenvalue weighted by Crippen LogP contribution is 2.15. The van der Waals surface area contributed by atoms with Crippen LogP contribution in [0.5, 0.6) is 0 Å². The fourth-order valence-electron chi connectivity index (χ4n) is 1.31. The topological polar surface area (TPSA) is 34.4 Å². The maximum Gasteiger partial charge on any atom is 0.130 e. The Kier molecular flexibility index (Phi) is 4.70. The molecule has 1 N–H and O–H groups in total. The Labute approximate surface area is 85.4 Å². The van der Waals surface area contributed by atoms with Gasteiger partial charge in [0.05, 0.1) is 6.54 Å². The van der Waals surface area contributed by atoms with Crippen molar-refractivity contribution in [3.63, 3.8) is 0 Å². The summed E-state index contributed by atoms with van der Waals surface area (Å²) in [5.74, 6) is 1.92. The number of hydrogen-bond acceptors (Lipinski definition) is 3. The van der Waals surface area contributed by atoms with E-state index in [0.717, 1.165) is 31.1 Å². The minimum Gasteiger partial charge on any atom is -0.462 e. The fourth-order valence-corrected chi connectivity index (χ4v) is 1.31. The zero-order valence-corrected chi connectivity index (χ0v) is 9.22. The molecule has 0 saturated carbocycles. The van der Waals surface area contributed by atoms with Gasteiger partial charge in [-0.05, 0) is 32.0 Å². The highest BCUT2D eigenvalue weighted by atomic mass is 16.5. The minimum atomic E-state index is 0.582. The van der Waals surface area contributed by atoms with Crippen molar-refractivity contribution in [3.8, 4) is 0 Å². The van der Waals surface area contributed by atoms with Gasteiger partial charge in [-0.15, -0.1) is 0 Å². The molecule has 0 unspecified atom stereocenters. The van der Waals surface area contributed by atoms with Crippen LogP contribution in [-0.2, 0) is 17.9 Å². The summed E-state index contributed by atoms with van der Waals surface area (Å²) in [6.45, 7) is 6.30. The first-order valence-electron chi connectivity index (χ1n) is 5.08. The lowest BCUT2D eigenvalue weighted by Gasteiger charge is -1.98. The van der Waals surface area contributed by atoms with Crippen LogP contribution in [0.3, 0.4) is 0 Å². The molecule has 1 aromatic rings. The molecule has 1 rings (SSSR count). The SMILES string of the molecule is CCCOCc1cc(C)c(CNC)o1. The van der Waals surface area contributed by atoms with E-state index in [9.17, 15) is 0 Å². The summed E-state index contributed by atoms with van der Waals surface area (Å²) >= 11 is 0. The molecule has 0 spiro atoms.